The zero-order chi connectivity index (χ0) is 44.0. The van der Waals surface area contributed by atoms with Crippen molar-refractivity contribution in [2.45, 2.75) is 13.3 Å². The van der Waals surface area contributed by atoms with Gasteiger partial charge >= 0.3 is 0 Å². The molecule has 0 aliphatic carbocycles. The summed E-state index contributed by atoms with van der Waals surface area (Å²) in [4.78, 5) is 4.85. The normalized spacial score (nSPS) is 15.2. The second kappa shape index (κ2) is 12.1. The lowest BCUT2D eigenvalue weighted by Crippen LogP contribution is -2.00. The molecule has 232 valence electrons. The zero-order valence-electron chi connectivity index (χ0n) is 39.3. The van der Waals surface area contributed by atoms with E-state index in [9.17, 15) is 5.48 Å². The van der Waals surface area contributed by atoms with Crippen LogP contribution in [0.1, 0.15) is 30.6 Å². The molecule has 0 aliphatic rings. The molecule has 0 bridgehead atoms. The van der Waals surface area contributed by atoms with Gasteiger partial charge in [-0.1, -0.05) is 146 Å². The van der Waals surface area contributed by atoms with Crippen LogP contribution in [0.2, 0.25) is 0 Å². The van der Waals surface area contributed by atoms with Gasteiger partial charge in [-0.3, -0.25) is 4.57 Å². The maximum Gasteiger partial charge on any atom is 0.114 e. The minimum atomic E-state index is -0.561. The van der Waals surface area contributed by atoms with Gasteiger partial charge in [0.25, 0.3) is 0 Å². The molecule has 2 nitrogen and oxygen atoms in total. The SMILES string of the molecule is [2H]c1c([2H])c([2H])c(-c2cccc(-c3c4c([2H])c([2H])c([2H])c([2H])c4c(-c4cccc(-c5cccc(-n6c(CC)nc7ccccc76)c5)c4)c4c([2H])c([2H])c([2H])c([2H])c34)c2)c([2H])c1[2H]. The van der Waals surface area contributed by atoms with Crippen LogP contribution in [0.4, 0.5) is 0 Å². The number of hydrogen-bond acceptors (Lipinski definition) is 1. The first-order chi connectivity index (χ1) is 29.7. The van der Waals surface area contributed by atoms with Crippen LogP contribution in [0.15, 0.2) is 176 Å². The summed E-state index contributed by atoms with van der Waals surface area (Å²) in [6.45, 7) is 2.05. The van der Waals surface area contributed by atoms with Crippen molar-refractivity contribution in [2.75, 3.05) is 0 Å². The smallest absolute Gasteiger partial charge is 0.114 e. The first-order valence-corrected chi connectivity index (χ1v) is 16.0. The second-order valence-corrected chi connectivity index (χ2v) is 11.7. The molecule has 0 radical (unpaired) electrons. The molecule has 9 rings (SSSR count). The van der Waals surface area contributed by atoms with E-state index in [0.29, 0.717) is 12.0 Å². The van der Waals surface area contributed by atoms with Crippen molar-refractivity contribution in [1.29, 1.82) is 0 Å². The molecule has 9 aromatic rings. The Labute approximate surface area is 304 Å². The maximum absolute atomic E-state index is 9.40. The van der Waals surface area contributed by atoms with Crippen molar-refractivity contribution in [3.8, 4) is 50.2 Å². The van der Waals surface area contributed by atoms with Gasteiger partial charge in [-0.25, -0.2) is 4.98 Å². The summed E-state index contributed by atoms with van der Waals surface area (Å²) in [5.41, 5.74) is 5.33. The number of aromatic nitrogens is 2. The van der Waals surface area contributed by atoms with E-state index >= 15 is 0 Å². The van der Waals surface area contributed by atoms with Gasteiger partial charge < -0.3 is 0 Å². The molecular formula is C47H34N2. The van der Waals surface area contributed by atoms with E-state index in [1.807, 2.05) is 67.6 Å². The minimum Gasteiger partial charge on any atom is -0.296 e. The second-order valence-electron chi connectivity index (χ2n) is 11.7. The Morgan fingerprint density at radius 3 is 1.57 bits per heavy atom. The molecule has 0 fully saturated rings. The average molecular weight is 640 g/mol. The monoisotopic (exact) mass is 639 g/mol. The third-order valence-electron chi connectivity index (χ3n) is 8.85. The maximum atomic E-state index is 9.40. The van der Waals surface area contributed by atoms with Gasteiger partial charge in [0.2, 0.25) is 0 Å². The average Bonchev–Trinajstić information content (AvgIpc) is 3.68. The van der Waals surface area contributed by atoms with Gasteiger partial charge in [0, 0.05) is 12.1 Å². The van der Waals surface area contributed by atoms with Crippen molar-refractivity contribution in [3.63, 3.8) is 0 Å². The molecule has 0 amide bonds. The van der Waals surface area contributed by atoms with Crippen molar-refractivity contribution in [1.82, 2.24) is 9.55 Å². The Morgan fingerprint density at radius 2 is 0.980 bits per heavy atom. The van der Waals surface area contributed by atoms with Crippen LogP contribution < -0.4 is 0 Å². The predicted molar refractivity (Wildman–Crippen MR) is 207 cm³/mol. The van der Waals surface area contributed by atoms with Gasteiger partial charge in [-0.2, -0.15) is 0 Å². The molecule has 0 saturated heterocycles. The van der Waals surface area contributed by atoms with Crippen LogP contribution >= 0.6 is 0 Å². The van der Waals surface area contributed by atoms with Crippen LogP contribution in [0, 0.1) is 0 Å². The third kappa shape index (κ3) is 5.01. The molecule has 1 heterocycles. The number of fused-ring (bicyclic) bond motifs is 3. The molecular weight excluding hydrogens is 593 g/mol. The highest BCUT2D eigenvalue weighted by molar-refractivity contribution is 6.21. The molecule has 49 heavy (non-hydrogen) atoms. The third-order valence-corrected chi connectivity index (χ3v) is 8.85. The van der Waals surface area contributed by atoms with Gasteiger partial charge in [0.15, 0.2) is 0 Å². The highest BCUT2D eigenvalue weighted by Gasteiger charge is 2.18. The molecule has 0 atom stereocenters. The van der Waals surface area contributed by atoms with Gasteiger partial charge in [0.05, 0.1) is 28.9 Å². The zero-order valence-corrected chi connectivity index (χ0v) is 26.3. The summed E-state index contributed by atoms with van der Waals surface area (Å²) in [6.07, 6.45) is 0.694. The highest BCUT2D eigenvalue weighted by Crippen LogP contribution is 2.44. The van der Waals surface area contributed by atoms with E-state index in [0.717, 1.165) is 33.7 Å². The fourth-order valence-electron chi connectivity index (χ4n) is 6.71. The summed E-state index contributed by atoms with van der Waals surface area (Å²) in [5.74, 6) is 0.886. The Kier molecular flexibility index (Phi) is 4.52. The number of rotatable bonds is 6. The van der Waals surface area contributed by atoms with Crippen molar-refractivity contribution < 1.29 is 17.8 Å². The van der Waals surface area contributed by atoms with E-state index in [2.05, 4.69) is 4.57 Å². The number of nitrogens with zero attached hydrogens (tertiary/aromatic N) is 2. The number of para-hydroxylation sites is 2. The summed E-state index contributed by atoms with van der Waals surface area (Å²) in [7, 11) is 0. The Morgan fingerprint density at radius 1 is 0.490 bits per heavy atom. The molecule has 0 N–H and O–H groups in total. The Balaban J connectivity index is 1.37. The van der Waals surface area contributed by atoms with E-state index in [4.69, 9.17) is 17.3 Å². The van der Waals surface area contributed by atoms with E-state index in [1.54, 1.807) is 30.3 Å². The molecule has 0 unspecified atom stereocenters. The van der Waals surface area contributed by atoms with Crippen molar-refractivity contribution in [2.24, 2.45) is 0 Å². The lowest BCUT2D eigenvalue weighted by Gasteiger charge is -2.18. The van der Waals surface area contributed by atoms with Gasteiger partial charge in [-0.15, -0.1) is 0 Å². The lowest BCUT2D eigenvalue weighted by molar-refractivity contribution is 0.908. The van der Waals surface area contributed by atoms with Crippen molar-refractivity contribution >= 4 is 32.6 Å². The van der Waals surface area contributed by atoms with E-state index < -0.39 is 78.6 Å². The first kappa shape index (κ1) is 18.3. The summed E-state index contributed by atoms with van der Waals surface area (Å²) < 4.78 is 117. The highest BCUT2D eigenvalue weighted by atomic mass is 15.1. The molecule has 1 aromatic heterocycles. The van der Waals surface area contributed by atoms with Crippen LogP contribution in [0.3, 0.4) is 0 Å². The van der Waals surface area contributed by atoms with Crippen LogP contribution in [-0.2, 0) is 6.42 Å². The standard InChI is InChI=1S/C47H34N2/c1-2-45-48-43-27-10-11-28-44(43)49(45)38-22-14-19-35(31-38)34-18-13-21-37(30-34)47-41-25-8-6-23-39(41)46(40-24-7-9-26-42(40)47)36-20-12-17-33(29-36)32-15-4-3-5-16-32/h3-31H,2H2,1H3/i3D,4D,5D,6D,7D,8D,9D,15D,16D,23D,24D,25D,26D. The van der Waals surface area contributed by atoms with Crippen molar-refractivity contribution in [3.05, 3.63) is 181 Å². The molecule has 8 aromatic carbocycles. The number of hydrogen-bond donors (Lipinski definition) is 0. The molecule has 2 heteroatoms. The lowest BCUT2D eigenvalue weighted by atomic mass is 9.85. The topological polar surface area (TPSA) is 17.8 Å². The molecule has 0 saturated carbocycles. The summed E-state index contributed by atoms with van der Waals surface area (Å²) >= 11 is 0. The van der Waals surface area contributed by atoms with Crippen LogP contribution in [-0.4, -0.2) is 9.55 Å². The predicted octanol–water partition coefficient (Wildman–Crippen LogP) is 12.6. The fraction of sp³-hybridized carbons (Fsp3) is 0.0426. The first-order valence-electron chi connectivity index (χ1n) is 22.5. The summed E-state index contributed by atoms with van der Waals surface area (Å²) in [5, 5.41) is 0.0432. The van der Waals surface area contributed by atoms with Crippen LogP contribution in [0.5, 0.6) is 0 Å². The number of imidazole rings is 1. The van der Waals surface area contributed by atoms with Gasteiger partial charge in [0.1, 0.15) is 5.82 Å². The Hall–Kier alpha value is -6.25. The number of aryl methyl sites for hydroxylation is 1. The molecule has 0 aliphatic heterocycles. The van der Waals surface area contributed by atoms with Gasteiger partial charge in [-0.05, 0) is 102 Å². The Bertz CT molecular complexity index is 3280. The molecule has 0 spiro atoms. The fourth-order valence-corrected chi connectivity index (χ4v) is 6.71. The van der Waals surface area contributed by atoms with E-state index in [1.165, 1.54) is 6.07 Å². The largest absolute Gasteiger partial charge is 0.296 e. The van der Waals surface area contributed by atoms with E-state index in [-0.39, 0.29) is 49.4 Å². The summed E-state index contributed by atoms with van der Waals surface area (Å²) in [6, 6.07) is 23.0. The van der Waals surface area contributed by atoms with Crippen LogP contribution in [0.25, 0.3) is 82.8 Å². The quantitative estimate of drug-likeness (QED) is 0.166. The minimum absolute atomic E-state index is 0.00627. The number of benzene rings is 8.